The molecule has 0 bridgehead atoms. The fraction of sp³-hybridized carbons (Fsp3) is 0.882. The van der Waals surface area contributed by atoms with E-state index in [-0.39, 0.29) is 6.10 Å². The van der Waals surface area contributed by atoms with Crippen LogP contribution in [0.5, 0.6) is 0 Å². The van der Waals surface area contributed by atoms with E-state index >= 15 is 0 Å². The molecule has 130 valence electrons. The maximum atomic E-state index is 6.26. The molecule has 0 aromatic rings. The van der Waals surface area contributed by atoms with Gasteiger partial charge in [-0.3, -0.25) is 0 Å². The summed E-state index contributed by atoms with van der Waals surface area (Å²) in [5, 5.41) is -0.449. The Kier molecular flexibility index (Phi) is 8.87. The van der Waals surface area contributed by atoms with E-state index in [0.29, 0.717) is 0 Å². The Morgan fingerprint density at radius 1 is 1.23 bits per heavy atom. The Morgan fingerprint density at radius 2 is 1.95 bits per heavy atom. The van der Waals surface area contributed by atoms with Gasteiger partial charge in [0.05, 0.1) is 6.10 Å². The third kappa shape index (κ3) is 4.00. The quantitative estimate of drug-likeness (QED) is 0.326. The highest BCUT2D eigenvalue weighted by Gasteiger charge is 2.63. The number of hydrogen-bond acceptors (Lipinski definition) is 4. The number of unbranched alkanes of at least 4 members (excludes halogenated alkanes) is 2. The van der Waals surface area contributed by atoms with Crippen molar-refractivity contribution >= 4 is 8.56 Å². The predicted molar refractivity (Wildman–Crippen MR) is 92.2 cm³/mol. The Balaban J connectivity index is 2.96. The molecule has 1 heterocycles. The average Bonchev–Trinajstić information content (AvgIpc) is 2.57. The SMILES string of the molecule is C=CCCC1(OC)C(OCCCCC)CCC[Si]1(OC)OC. The Hall–Kier alpha value is -0.203. The summed E-state index contributed by atoms with van der Waals surface area (Å²) < 4.78 is 24.3. The van der Waals surface area contributed by atoms with Crippen molar-refractivity contribution in [3.63, 3.8) is 0 Å². The highest BCUT2D eigenvalue weighted by Crippen LogP contribution is 2.44. The number of hydrogen-bond donors (Lipinski definition) is 0. The first-order valence-electron chi connectivity index (χ1n) is 8.54. The number of allylic oxidation sites excluding steroid dienone is 1. The molecule has 0 amide bonds. The molecule has 1 saturated heterocycles. The van der Waals surface area contributed by atoms with Crippen molar-refractivity contribution in [1.82, 2.24) is 0 Å². The highest BCUT2D eigenvalue weighted by molar-refractivity contribution is 6.71. The van der Waals surface area contributed by atoms with E-state index in [1.165, 1.54) is 12.8 Å². The number of ether oxygens (including phenoxy) is 2. The van der Waals surface area contributed by atoms with E-state index in [2.05, 4.69) is 13.5 Å². The van der Waals surface area contributed by atoms with Crippen LogP contribution in [0.15, 0.2) is 12.7 Å². The normalized spacial score (nSPS) is 27.7. The predicted octanol–water partition coefficient (Wildman–Crippen LogP) is 3.98. The average molecular weight is 331 g/mol. The van der Waals surface area contributed by atoms with Gasteiger partial charge in [-0.25, -0.2) is 0 Å². The molecule has 0 aromatic heterocycles. The van der Waals surface area contributed by atoms with Gasteiger partial charge in [0.15, 0.2) is 0 Å². The minimum Gasteiger partial charge on any atom is -0.396 e. The lowest BCUT2D eigenvalue weighted by Gasteiger charge is -2.51. The summed E-state index contributed by atoms with van der Waals surface area (Å²) in [4.78, 5) is 0. The first-order chi connectivity index (χ1) is 10.7. The van der Waals surface area contributed by atoms with Crippen LogP contribution in [0, 0.1) is 0 Å². The van der Waals surface area contributed by atoms with Gasteiger partial charge in [0.25, 0.3) is 0 Å². The van der Waals surface area contributed by atoms with Gasteiger partial charge < -0.3 is 18.3 Å². The van der Waals surface area contributed by atoms with Crippen LogP contribution in [0.1, 0.15) is 51.9 Å². The zero-order valence-corrected chi connectivity index (χ0v) is 15.9. The van der Waals surface area contributed by atoms with Gasteiger partial charge in [0.2, 0.25) is 0 Å². The molecule has 0 radical (unpaired) electrons. The maximum absolute atomic E-state index is 6.26. The molecule has 1 aliphatic rings. The third-order valence-corrected chi connectivity index (χ3v) is 9.34. The Labute approximate surface area is 137 Å². The largest absolute Gasteiger partial charge is 0.396 e. The number of methoxy groups -OCH3 is 1. The third-order valence-electron chi connectivity index (χ3n) is 4.95. The van der Waals surface area contributed by atoms with Crippen LogP contribution in [-0.2, 0) is 18.3 Å². The zero-order valence-electron chi connectivity index (χ0n) is 14.9. The molecule has 1 rings (SSSR count). The minimum atomic E-state index is -2.47. The molecule has 2 unspecified atom stereocenters. The molecule has 5 heteroatoms. The van der Waals surface area contributed by atoms with Crippen LogP contribution in [-0.4, -0.2) is 47.8 Å². The van der Waals surface area contributed by atoms with E-state index in [0.717, 1.165) is 44.8 Å². The van der Waals surface area contributed by atoms with Crippen LogP contribution in [0.2, 0.25) is 6.04 Å². The second kappa shape index (κ2) is 9.83. The summed E-state index contributed by atoms with van der Waals surface area (Å²) in [5.74, 6) is 0. The fourth-order valence-electron chi connectivity index (χ4n) is 3.70. The van der Waals surface area contributed by atoms with E-state index in [1.807, 2.05) is 6.08 Å². The summed E-state index contributed by atoms with van der Waals surface area (Å²) in [5.41, 5.74) is 0. The summed E-state index contributed by atoms with van der Waals surface area (Å²) in [6.45, 7) is 6.85. The Morgan fingerprint density at radius 3 is 2.50 bits per heavy atom. The lowest BCUT2D eigenvalue weighted by molar-refractivity contribution is -0.123. The molecule has 2 atom stereocenters. The molecule has 1 aliphatic heterocycles. The van der Waals surface area contributed by atoms with E-state index < -0.39 is 13.8 Å². The van der Waals surface area contributed by atoms with Crippen LogP contribution in [0.3, 0.4) is 0 Å². The lowest BCUT2D eigenvalue weighted by Crippen LogP contribution is -2.71. The van der Waals surface area contributed by atoms with Crippen molar-refractivity contribution in [2.45, 2.75) is 69.2 Å². The van der Waals surface area contributed by atoms with Crippen molar-refractivity contribution in [2.24, 2.45) is 0 Å². The van der Waals surface area contributed by atoms with Gasteiger partial charge in [0.1, 0.15) is 5.22 Å². The van der Waals surface area contributed by atoms with Crippen LogP contribution in [0.25, 0.3) is 0 Å². The van der Waals surface area contributed by atoms with E-state index in [4.69, 9.17) is 18.3 Å². The maximum Gasteiger partial charge on any atom is 0.373 e. The van der Waals surface area contributed by atoms with Gasteiger partial charge >= 0.3 is 8.56 Å². The van der Waals surface area contributed by atoms with Crippen molar-refractivity contribution in [2.75, 3.05) is 27.9 Å². The molecular weight excluding hydrogens is 296 g/mol. The molecule has 0 spiro atoms. The molecule has 0 saturated carbocycles. The molecule has 0 N–H and O–H groups in total. The molecule has 4 nitrogen and oxygen atoms in total. The second-order valence-electron chi connectivity index (χ2n) is 6.04. The molecule has 1 fully saturated rings. The Bertz CT molecular complexity index is 320. The fourth-order valence-corrected chi connectivity index (χ4v) is 7.61. The second-order valence-corrected chi connectivity index (χ2v) is 9.71. The summed E-state index contributed by atoms with van der Waals surface area (Å²) in [6.07, 6.45) is 9.31. The van der Waals surface area contributed by atoms with Gasteiger partial charge in [0, 0.05) is 27.9 Å². The van der Waals surface area contributed by atoms with Crippen molar-refractivity contribution in [3.8, 4) is 0 Å². The topological polar surface area (TPSA) is 36.9 Å². The highest BCUT2D eigenvalue weighted by atomic mass is 28.4. The van der Waals surface area contributed by atoms with Gasteiger partial charge in [-0.05, 0) is 38.1 Å². The van der Waals surface area contributed by atoms with E-state index in [9.17, 15) is 0 Å². The monoisotopic (exact) mass is 330 g/mol. The van der Waals surface area contributed by atoms with Crippen LogP contribution >= 0.6 is 0 Å². The van der Waals surface area contributed by atoms with Gasteiger partial charge in [-0.15, -0.1) is 6.58 Å². The molecular formula is C17H34O4Si. The van der Waals surface area contributed by atoms with Crippen molar-refractivity contribution < 1.29 is 18.3 Å². The zero-order chi connectivity index (χ0) is 16.5. The summed E-state index contributed by atoms with van der Waals surface area (Å²) >= 11 is 0. The molecule has 0 aromatic carbocycles. The lowest BCUT2D eigenvalue weighted by atomic mass is 10.0. The molecule has 22 heavy (non-hydrogen) atoms. The standard InChI is InChI=1S/C17H34O4Si/c1-6-8-10-14-21-16-12-11-15-22(19-4,20-5)17(16,18-3)13-9-7-2/h7,16H,2,6,8-15H2,1,3-5H3. The summed E-state index contributed by atoms with van der Waals surface area (Å²) in [6, 6.07) is 0.958. The first kappa shape index (κ1) is 19.8. The van der Waals surface area contributed by atoms with Gasteiger partial charge in [-0.1, -0.05) is 25.8 Å². The first-order valence-corrected chi connectivity index (χ1v) is 10.6. The van der Waals surface area contributed by atoms with Gasteiger partial charge in [-0.2, -0.15) is 0 Å². The minimum absolute atomic E-state index is 0.0506. The van der Waals surface area contributed by atoms with Crippen molar-refractivity contribution in [1.29, 1.82) is 0 Å². The van der Waals surface area contributed by atoms with Crippen LogP contribution in [0.4, 0.5) is 0 Å². The summed E-state index contributed by atoms with van der Waals surface area (Å²) in [7, 11) is 2.82. The number of rotatable bonds is 11. The molecule has 0 aliphatic carbocycles. The smallest absolute Gasteiger partial charge is 0.373 e. The van der Waals surface area contributed by atoms with E-state index in [1.54, 1.807) is 21.3 Å². The van der Waals surface area contributed by atoms with Crippen LogP contribution < -0.4 is 0 Å². The van der Waals surface area contributed by atoms with Crippen molar-refractivity contribution in [3.05, 3.63) is 12.7 Å².